The first-order valence-corrected chi connectivity index (χ1v) is 10.3. The summed E-state index contributed by atoms with van der Waals surface area (Å²) in [5.41, 5.74) is 2.53. The predicted octanol–water partition coefficient (Wildman–Crippen LogP) is 2.27. The summed E-state index contributed by atoms with van der Waals surface area (Å²) < 4.78 is 40.0. The van der Waals surface area contributed by atoms with Crippen LogP contribution < -0.4 is 10.0 Å². The van der Waals surface area contributed by atoms with E-state index < -0.39 is 20.7 Å². The van der Waals surface area contributed by atoms with Gasteiger partial charge in [0.2, 0.25) is 15.9 Å². The van der Waals surface area contributed by atoms with Crippen LogP contribution in [0.25, 0.3) is 11.3 Å². The third-order valence-corrected chi connectivity index (χ3v) is 5.55. The lowest BCUT2D eigenvalue weighted by Crippen LogP contribution is -2.31. The molecule has 1 amide bonds. The molecule has 0 aliphatic rings. The number of hydrogen-bond acceptors (Lipinski definition) is 5. The van der Waals surface area contributed by atoms with Crippen LogP contribution in [0.15, 0.2) is 72.0 Å². The Morgan fingerprint density at radius 2 is 1.79 bits per heavy atom. The molecule has 0 saturated heterocycles. The van der Waals surface area contributed by atoms with Crippen LogP contribution in [0.4, 0.5) is 4.39 Å². The molecule has 1 aromatic carbocycles. The number of amides is 1. The van der Waals surface area contributed by atoms with Gasteiger partial charge in [-0.1, -0.05) is 12.1 Å². The average Bonchev–Trinajstić information content (AvgIpc) is 2.73. The molecule has 3 rings (SSSR count). The van der Waals surface area contributed by atoms with Crippen molar-refractivity contribution in [1.82, 2.24) is 20.0 Å². The van der Waals surface area contributed by atoms with Crippen LogP contribution in [0.2, 0.25) is 0 Å². The standard InChI is InChI=1S/C20H19FN4O3S/c21-17-3-1-2-4-19(17)29(27,28)25-12-8-20(26)24-14-15-5-11-23-18(13-15)16-6-9-22-10-7-16/h1-7,9-11,13,25H,8,12,14H2,(H,24,26). The van der Waals surface area contributed by atoms with Crippen LogP contribution >= 0.6 is 0 Å². The van der Waals surface area contributed by atoms with Gasteiger partial charge in [0, 0.05) is 43.7 Å². The molecule has 29 heavy (non-hydrogen) atoms. The Bertz CT molecular complexity index is 1090. The molecule has 0 saturated carbocycles. The summed E-state index contributed by atoms with van der Waals surface area (Å²) in [4.78, 5) is 19.8. The summed E-state index contributed by atoms with van der Waals surface area (Å²) in [5.74, 6) is -1.17. The van der Waals surface area contributed by atoms with E-state index in [9.17, 15) is 17.6 Å². The van der Waals surface area contributed by atoms with E-state index in [0.717, 1.165) is 22.9 Å². The molecule has 150 valence electrons. The van der Waals surface area contributed by atoms with Crippen LogP contribution in [0.5, 0.6) is 0 Å². The molecule has 3 aromatic rings. The number of sulfonamides is 1. The molecule has 0 unspecified atom stereocenters. The minimum absolute atomic E-state index is 0.0734. The van der Waals surface area contributed by atoms with Gasteiger partial charge in [0.05, 0.1) is 5.69 Å². The lowest BCUT2D eigenvalue weighted by atomic mass is 10.1. The zero-order valence-corrected chi connectivity index (χ0v) is 16.2. The van der Waals surface area contributed by atoms with Gasteiger partial charge in [-0.15, -0.1) is 0 Å². The van der Waals surface area contributed by atoms with Crippen molar-refractivity contribution in [1.29, 1.82) is 0 Å². The maximum Gasteiger partial charge on any atom is 0.243 e. The highest BCUT2D eigenvalue weighted by Crippen LogP contribution is 2.16. The van der Waals surface area contributed by atoms with Gasteiger partial charge in [0.15, 0.2) is 0 Å². The first-order chi connectivity index (χ1) is 14.0. The molecule has 0 fully saturated rings. The molecule has 0 radical (unpaired) electrons. The number of carbonyl (C=O) groups is 1. The third-order valence-electron chi connectivity index (χ3n) is 4.06. The Labute approximate surface area is 168 Å². The summed E-state index contributed by atoms with van der Waals surface area (Å²) in [5, 5.41) is 2.73. The van der Waals surface area contributed by atoms with Gasteiger partial charge in [-0.3, -0.25) is 14.8 Å². The summed E-state index contributed by atoms with van der Waals surface area (Å²) in [6, 6.07) is 12.4. The number of hydrogen-bond donors (Lipinski definition) is 2. The molecule has 0 bridgehead atoms. The van der Waals surface area contributed by atoms with E-state index in [1.807, 2.05) is 18.2 Å². The van der Waals surface area contributed by atoms with Crippen LogP contribution in [-0.2, 0) is 21.4 Å². The summed E-state index contributed by atoms with van der Waals surface area (Å²) >= 11 is 0. The summed E-state index contributed by atoms with van der Waals surface area (Å²) in [6.45, 7) is 0.139. The van der Waals surface area contributed by atoms with Crippen molar-refractivity contribution in [2.24, 2.45) is 0 Å². The molecule has 9 heteroatoms. The second-order valence-electron chi connectivity index (χ2n) is 6.14. The minimum atomic E-state index is -4.01. The third kappa shape index (κ3) is 5.66. The Kier molecular flexibility index (Phi) is 6.63. The Morgan fingerprint density at radius 3 is 2.55 bits per heavy atom. The van der Waals surface area contributed by atoms with Gasteiger partial charge >= 0.3 is 0 Å². The van der Waals surface area contributed by atoms with E-state index in [0.29, 0.717) is 0 Å². The zero-order chi connectivity index (χ0) is 20.7. The first kappa shape index (κ1) is 20.6. The molecule has 2 heterocycles. The average molecular weight is 414 g/mol. The number of nitrogens with zero attached hydrogens (tertiary/aromatic N) is 2. The van der Waals surface area contributed by atoms with Crippen molar-refractivity contribution in [2.75, 3.05) is 6.54 Å². The van der Waals surface area contributed by atoms with Crippen molar-refractivity contribution < 1.29 is 17.6 Å². The molecular formula is C20H19FN4O3S. The van der Waals surface area contributed by atoms with Gasteiger partial charge in [-0.2, -0.15) is 0 Å². The fraction of sp³-hybridized carbons (Fsp3) is 0.150. The van der Waals surface area contributed by atoms with Crippen LogP contribution in [0.3, 0.4) is 0 Å². The van der Waals surface area contributed by atoms with Crippen molar-refractivity contribution in [3.05, 3.63) is 78.5 Å². The van der Waals surface area contributed by atoms with E-state index >= 15 is 0 Å². The fourth-order valence-electron chi connectivity index (χ4n) is 2.59. The maximum atomic E-state index is 13.6. The summed E-state index contributed by atoms with van der Waals surface area (Å²) in [6.07, 6.45) is 4.93. The smallest absolute Gasteiger partial charge is 0.243 e. The van der Waals surface area contributed by atoms with Gasteiger partial charge < -0.3 is 5.32 Å². The maximum absolute atomic E-state index is 13.6. The van der Waals surface area contributed by atoms with Gasteiger partial charge in [0.25, 0.3) is 0 Å². The van der Waals surface area contributed by atoms with E-state index in [-0.39, 0.29) is 25.4 Å². The highest BCUT2D eigenvalue weighted by Gasteiger charge is 2.18. The number of halogens is 1. The number of nitrogens with one attached hydrogen (secondary N) is 2. The number of carbonyl (C=O) groups excluding carboxylic acids is 1. The lowest BCUT2D eigenvalue weighted by Gasteiger charge is -2.09. The quantitative estimate of drug-likeness (QED) is 0.589. The van der Waals surface area contributed by atoms with Crippen molar-refractivity contribution in [3.63, 3.8) is 0 Å². The fourth-order valence-corrected chi connectivity index (χ4v) is 3.70. The zero-order valence-electron chi connectivity index (χ0n) is 15.4. The van der Waals surface area contributed by atoms with E-state index in [4.69, 9.17) is 0 Å². The van der Waals surface area contributed by atoms with Crippen molar-refractivity contribution >= 4 is 15.9 Å². The van der Waals surface area contributed by atoms with Crippen molar-refractivity contribution in [3.8, 4) is 11.3 Å². The summed E-state index contributed by atoms with van der Waals surface area (Å²) in [7, 11) is -4.01. The Hall–Kier alpha value is -3.17. The lowest BCUT2D eigenvalue weighted by molar-refractivity contribution is -0.121. The van der Waals surface area contributed by atoms with Gasteiger partial charge in [-0.05, 0) is 42.0 Å². The number of benzene rings is 1. The molecule has 2 N–H and O–H groups in total. The van der Waals surface area contributed by atoms with Crippen LogP contribution in [0.1, 0.15) is 12.0 Å². The van der Waals surface area contributed by atoms with Crippen molar-refractivity contribution in [2.45, 2.75) is 17.9 Å². The normalized spacial score (nSPS) is 11.2. The Morgan fingerprint density at radius 1 is 1.03 bits per heavy atom. The second-order valence-corrected chi connectivity index (χ2v) is 7.88. The minimum Gasteiger partial charge on any atom is -0.352 e. The highest BCUT2D eigenvalue weighted by atomic mass is 32.2. The molecule has 0 aliphatic carbocycles. The molecule has 0 aliphatic heterocycles. The largest absolute Gasteiger partial charge is 0.352 e. The molecule has 0 atom stereocenters. The van der Waals surface area contributed by atoms with Gasteiger partial charge in [0.1, 0.15) is 10.7 Å². The molecular weight excluding hydrogens is 395 g/mol. The monoisotopic (exact) mass is 414 g/mol. The van der Waals surface area contributed by atoms with Crippen LogP contribution in [0, 0.1) is 5.82 Å². The van der Waals surface area contributed by atoms with E-state index in [1.54, 1.807) is 24.7 Å². The SMILES string of the molecule is O=C(CCNS(=O)(=O)c1ccccc1F)NCc1ccnc(-c2ccncc2)c1. The first-order valence-electron chi connectivity index (χ1n) is 8.82. The van der Waals surface area contributed by atoms with E-state index in [2.05, 4.69) is 20.0 Å². The molecule has 2 aromatic heterocycles. The number of pyridine rings is 2. The topological polar surface area (TPSA) is 101 Å². The number of rotatable bonds is 8. The predicted molar refractivity (Wildman–Crippen MR) is 106 cm³/mol. The number of aromatic nitrogens is 2. The van der Waals surface area contributed by atoms with Crippen LogP contribution in [-0.4, -0.2) is 30.8 Å². The second kappa shape index (κ2) is 9.35. The van der Waals surface area contributed by atoms with Gasteiger partial charge in [-0.25, -0.2) is 17.5 Å². The van der Waals surface area contributed by atoms with E-state index in [1.165, 1.54) is 18.2 Å². The molecule has 7 nitrogen and oxygen atoms in total. The Balaban J connectivity index is 1.50. The molecule has 0 spiro atoms. The highest BCUT2D eigenvalue weighted by molar-refractivity contribution is 7.89.